The van der Waals surface area contributed by atoms with Crippen molar-refractivity contribution >= 4 is 6.09 Å². The summed E-state index contributed by atoms with van der Waals surface area (Å²) in [6, 6.07) is -0.141. The van der Waals surface area contributed by atoms with E-state index in [0.717, 1.165) is 5.69 Å². The third kappa shape index (κ3) is 2.27. The predicted molar refractivity (Wildman–Crippen MR) is 68.6 cm³/mol. The molecule has 4 saturated carbocycles. The van der Waals surface area contributed by atoms with Gasteiger partial charge in [-0.2, -0.15) is 0 Å². The van der Waals surface area contributed by atoms with E-state index in [1.165, 1.54) is 0 Å². The van der Waals surface area contributed by atoms with E-state index < -0.39 is 18.6 Å². The topological polar surface area (TPSA) is 89.3 Å². The molecular formula is C13H15F3N4O3. The van der Waals surface area contributed by atoms with Crippen LogP contribution in [0.4, 0.5) is 18.0 Å². The van der Waals surface area contributed by atoms with Crippen LogP contribution in [0.15, 0.2) is 6.20 Å². The Balaban J connectivity index is 1.40. The van der Waals surface area contributed by atoms with Gasteiger partial charge in [0.05, 0.1) is 24.0 Å². The second-order valence-electron chi connectivity index (χ2n) is 6.90. The van der Waals surface area contributed by atoms with Crippen molar-refractivity contribution in [1.82, 2.24) is 20.3 Å². The summed E-state index contributed by atoms with van der Waals surface area (Å²) < 4.78 is 42.2. The number of amides is 1. The third-order valence-corrected chi connectivity index (χ3v) is 5.24. The zero-order valence-corrected chi connectivity index (χ0v) is 12.0. The van der Waals surface area contributed by atoms with E-state index in [9.17, 15) is 18.0 Å². The molecule has 1 amide bonds. The molecule has 23 heavy (non-hydrogen) atoms. The van der Waals surface area contributed by atoms with Crippen LogP contribution in [0.25, 0.3) is 0 Å². The number of carboxylic acid groups (broad SMARTS) is 1. The molecule has 0 spiro atoms. The molecule has 4 fully saturated rings. The lowest BCUT2D eigenvalue weighted by molar-refractivity contribution is -0.353. The second kappa shape index (κ2) is 4.37. The van der Waals surface area contributed by atoms with Crippen molar-refractivity contribution in [2.75, 3.05) is 0 Å². The van der Waals surface area contributed by atoms with Gasteiger partial charge in [0.15, 0.2) is 0 Å². The average Bonchev–Trinajstić information content (AvgIpc) is 2.72. The highest BCUT2D eigenvalue weighted by molar-refractivity contribution is 5.67. The van der Waals surface area contributed by atoms with E-state index in [1.807, 2.05) is 0 Å². The van der Waals surface area contributed by atoms with Crippen molar-refractivity contribution in [3.8, 4) is 0 Å². The van der Waals surface area contributed by atoms with Gasteiger partial charge >= 0.3 is 12.5 Å². The van der Waals surface area contributed by atoms with Gasteiger partial charge in [0.2, 0.25) is 0 Å². The van der Waals surface area contributed by atoms with Crippen molar-refractivity contribution in [3.05, 3.63) is 11.9 Å². The first kappa shape index (κ1) is 14.7. The molecule has 2 N–H and O–H groups in total. The highest BCUT2D eigenvalue weighted by Gasteiger charge is 2.70. The molecule has 5 rings (SSSR count). The Labute approximate surface area is 128 Å². The lowest BCUT2D eigenvalue weighted by Crippen LogP contribution is -2.77. The summed E-state index contributed by atoms with van der Waals surface area (Å²) in [6.07, 6.45) is -2.25. The molecule has 0 aliphatic heterocycles. The van der Waals surface area contributed by atoms with Crippen LogP contribution in [0.2, 0.25) is 0 Å². The summed E-state index contributed by atoms with van der Waals surface area (Å²) in [7, 11) is 0. The fourth-order valence-electron chi connectivity index (χ4n) is 4.33. The lowest BCUT2D eigenvalue weighted by Gasteiger charge is -2.70. The average molecular weight is 332 g/mol. The molecule has 4 aliphatic rings. The molecule has 2 bridgehead atoms. The summed E-state index contributed by atoms with van der Waals surface area (Å²) in [5.74, 6) is 0. The van der Waals surface area contributed by atoms with Crippen LogP contribution in [0.1, 0.15) is 43.8 Å². The zero-order chi connectivity index (χ0) is 16.5. The Morgan fingerprint density at radius 2 is 2.04 bits per heavy atom. The number of nitrogens with one attached hydrogen (secondary N) is 1. The monoisotopic (exact) mass is 332 g/mol. The Morgan fingerprint density at radius 1 is 1.39 bits per heavy atom. The molecule has 1 heterocycles. The van der Waals surface area contributed by atoms with E-state index in [-0.39, 0.29) is 29.8 Å². The first-order valence-electron chi connectivity index (χ1n) is 7.37. The van der Waals surface area contributed by atoms with Crippen molar-refractivity contribution in [2.24, 2.45) is 0 Å². The summed E-state index contributed by atoms with van der Waals surface area (Å²) in [6.45, 7) is 0. The highest BCUT2D eigenvalue weighted by Crippen LogP contribution is 2.68. The minimum absolute atomic E-state index is 0.137. The number of ether oxygens (including phenoxy) is 1. The number of halogens is 3. The molecule has 0 radical (unpaired) electrons. The van der Waals surface area contributed by atoms with Crippen LogP contribution in [0.5, 0.6) is 0 Å². The van der Waals surface area contributed by atoms with Crippen LogP contribution in [-0.2, 0) is 10.2 Å². The van der Waals surface area contributed by atoms with Crippen LogP contribution in [0.3, 0.4) is 0 Å². The molecule has 0 unspecified atom stereocenters. The summed E-state index contributed by atoms with van der Waals surface area (Å²) in [5.41, 5.74) is 0.409. The molecule has 4 aliphatic carbocycles. The van der Waals surface area contributed by atoms with Crippen LogP contribution in [-0.4, -0.2) is 44.2 Å². The SMILES string of the molecule is O=C(O)NC12CC(c3cnnn3C3CC(OC(F)(F)F)C3)(C1)C2. The van der Waals surface area contributed by atoms with Gasteiger partial charge in [0.1, 0.15) is 0 Å². The van der Waals surface area contributed by atoms with Gasteiger partial charge in [0.25, 0.3) is 0 Å². The number of nitrogens with zero attached hydrogens (tertiary/aromatic N) is 3. The van der Waals surface area contributed by atoms with Gasteiger partial charge in [0, 0.05) is 11.0 Å². The molecule has 7 nitrogen and oxygen atoms in total. The quantitative estimate of drug-likeness (QED) is 0.880. The molecule has 1 aromatic heterocycles. The number of alkyl halides is 3. The van der Waals surface area contributed by atoms with Gasteiger partial charge in [-0.1, -0.05) is 5.21 Å². The molecule has 10 heteroatoms. The van der Waals surface area contributed by atoms with Crippen LogP contribution in [0, 0.1) is 0 Å². The van der Waals surface area contributed by atoms with E-state index in [4.69, 9.17) is 5.11 Å². The van der Waals surface area contributed by atoms with Gasteiger partial charge in [-0.3, -0.25) is 4.74 Å². The van der Waals surface area contributed by atoms with Crippen molar-refractivity contribution in [2.45, 2.75) is 61.6 Å². The first-order chi connectivity index (χ1) is 10.7. The number of aromatic nitrogens is 3. The molecule has 1 aromatic rings. The van der Waals surface area contributed by atoms with Crippen LogP contribution < -0.4 is 5.32 Å². The Morgan fingerprint density at radius 3 is 2.61 bits per heavy atom. The van der Waals surface area contributed by atoms with Crippen molar-refractivity contribution in [1.29, 1.82) is 0 Å². The van der Waals surface area contributed by atoms with Gasteiger partial charge in [-0.15, -0.1) is 18.3 Å². The second-order valence-corrected chi connectivity index (χ2v) is 6.90. The smallest absolute Gasteiger partial charge is 0.465 e. The Hall–Kier alpha value is -1.84. The molecular weight excluding hydrogens is 317 g/mol. The summed E-state index contributed by atoms with van der Waals surface area (Å²) >= 11 is 0. The zero-order valence-electron chi connectivity index (χ0n) is 12.0. The fourth-order valence-corrected chi connectivity index (χ4v) is 4.33. The predicted octanol–water partition coefficient (Wildman–Crippen LogP) is 1.96. The van der Waals surface area contributed by atoms with Crippen molar-refractivity contribution < 1.29 is 27.8 Å². The first-order valence-corrected chi connectivity index (χ1v) is 7.37. The maximum absolute atomic E-state index is 12.2. The molecule has 0 saturated heterocycles. The molecule has 0 atom stereocenters. The number of rotatable bonds is 4. The largest absolute Gasteiger partial charge is 0.522 e. The van der Waals surface area contributed by atoms with Gasteiger partial charge in [-0.05, 0) is 32.1 Å². The molecule has 126 valence electrons. The van der Waals surface area contributed by atoms with Gasteiger partial charge in [-0.25, -0.2) is 9.48 Å². The van der Waals surface area contributed by atoms with E-state index in [1.54, 1.807) is 10.9 Å². The summed E-state index contributed by atoms with van der Waals surface area (Å²) in [5, 5.41) is 19.3. The van der Waals surface area contributed by atoms with E-state index in [0.29, 0.717) is 19.3 Å². The molecule has 0 aromatic carbocycles. The minimum atomic E-state index is -4.61. The summed E-state index contributed by atoms with van der Waals surface area (Å²) in [4.78, 5) is 10.8. The highest BCUT2D eigenvalue weighted by atomic mass is 19.4. The maximum Gasteiger partial charge on any atom is 0.522 e. The number of hydrogen-bond donors (Lipinski definition) is 2. The number of hydrogen-bond acceptors (Lipinski definition) is 4. The van der Waals surface area contributed by atoms with E-state index in [2.05, 4.69) is 20.4 Å². The van der Waals surface area contributed by atoms with Crippen LogP contribution >= 0.6 is 0 Å². The Kier molecular flexibility index (Phi) is 2.80. The third-order valence-electron chi connectivity index (χ3n) is 5.24. The van der Waals surface area contributed by atoms with E-state index >= 15 is 0 Å². The number of carbonyl (C=O) groups is 1. The normalized spacial score (nSPS) is 38.2. The Bertz CT molecular complexity index is 633. The maximum atomic E-state index is 12.2. The minimum Gasteiger partial charge on any atom is -0.465 e. The lowest BCUT2D eigenvalue weighted by atomic mass is 9.38. The standard InChI is InChI=1S/C13H15F3N4O3/c14-13(15,16)23-8-1-7(2-8)20-9(3-17-19-20)11-4-12(5-11,6-11)18-10(21)22/h3,7-8,18H,1-2,4-6H2,(H,21,22). The van der Waals surface area contributed by atoms with Crippen molar-refractivity contribution in [3.63, 3.8) is 0 Å². The fraction of sp³-hybridized carbons (Fsp3) is 0.769. The van der Waals surface area contributed by atoms with Gasteiger partial charge < -0.3 is 10.4 Å².